The molecule has 0 spiro atoms. The third-order valence-electron chi connectivity index (χ3n) is 2.73. The van der Waals surface area contributed by atoms with Crippen LogP contribution in [0.4, 0.5) is 0 Å². The molecule has 0 aliphatic rings. The molecule has 6 N–H and O–H groups in total. The van der Waals surface area contributed by atoms with Crippen LogP contribution in [0.1, 0.15) is 27.2 Å². The van der Waals surface area contributed by atoms with Crippen LogP contribution < -0.4 is 10.6 Å². The summed E-state index contributed by atoms with van der Waals surface area (Å²) in [7, 11) is 0. The third kappa shape index (κ3) is 7.39. The maximum Gasteiger partial charge on any atom is 0.334 e. The van der Waals surface area contributed by atoms with Gasteiger partial charge in [-0.15, -0.1) is 0 Å². The number of carboxylic acids is 2. The Balaban J connectivity index is 4.41. The summed E-state index contributed by atoms with van der Waals surface area (Å²) in [5.41, 5.74) is 0. The molecule has 4 atom stereocenters. The first-order chi connectivity index (χ1) is 9.15. The van der Waals surface area contributed by atoms with Crippen LogP contribution in [-0.2, 0) is 9.59 Å². The van der Waals surface area contributed by atoms with Crippen molar-refractivity contribution in [1.82, 2.24) is 10.6 Å². The second kappa shape index (κ2) is 8.85. The minimum atomic E-state index is -1.55. The zero-order valence-electron chi connectivity index (χ0n) is 11.9. The van der Waals surface area contributed by atoms with Gasteiger partial charge in [0.1, 0.15) is 0 Å². The van der Waals surface area contributed by atoms with E-state index in [9.17, 15) is 14.7 Å². The van der Waals surface area contributed by atoms with E-state index in [0.717, 1.165) is 0 Å². The van der Waals surface area contributed by atoms with Crippen molar-refractivity contribution in [3.8, 4) is 0 Å². The Morgan fingerprint density at radius 3 is 2.00 bits per heavy atom. The number of nitrogens with one attached hydrogen (secondary N) is 2. The molecular formula is C12H24N2O6. The fraction of sp³-hybridized carbons (Fsp3) is 0.833. The van der Waals surface area contributed by atoms with Crippen LogP contribution in [0.25, 0.3) is 0 Å². The normalized spacial score (nSPS) is 17.5. The van der Waals surface area contributed by atoms with E-state index in [0.29, 0.717) is 0 Å². The molecule has 0 radical (unpaired) electrons. The Bertz CT molecular complexity index is 323. The summed E-state index contributed by atoms with van der Waals surface area (Å²) in [5, 5.41) is 41.9. The Morgan fingerprint density at radius 2 is 1.60 bits per heavy atom. The largest absolute Gasteiger partial charge is 0.479 e. The Kier molecular flexibility index (Phi) is 8.31. The van der Waals surface area contributed by atoms with Crippen LogP contribution in [0.15, 0.2) is 0 Å². The summed E-state index contributed by atoms with van der Waals surface area (Å²) in [4.78, 5) is 21.3. The van der Waals surface area contributed by atoms with Crippen LogP contribution in [0.5, 0.6) is 0 Å². The second-order valence-electron chi connectivity index (χ2n) is 5.11. The summed E-state index contributed by atoms with van der Waals surface area (Å²) >= 11 is 0. The summed E-state index contributed by atoms with van der Waals surface area (Å²) in [6.45, 7) is 5.23. The van der Waals surface area contributed by atoms with Gasteiger partial charge < -0.3 is 31.1 Å². The number of aliphatic hydroxyl groups is 2. The molecule has 0 aromatic carbocycles. The minimum absolute atomic E-state index is 0.00851. The molecule has 0 rings (SSSR count). The molecular weight excluding hydrogens is 268 g/mol. The Morgan fingerprint density at radius 1 is 1.05 bits per heavy atom. The van der Waals surface area contributed by atoms with Crippen molar-refractivity contribution in [1.29, 1.82) is 0 Å². The number of aliphatic hydroxyl groups excluding tert-OH is 2. The van der Waals surface area contributed by atoms with Gasteiger partial charge in [-0.25, -0.2) is 9.59 Å². The highest BCUT2D eigenvalue weighted by Crippen LogP contribution is 2.06. The van der Waals surface area contributed by atoms with Crippen molar-refractivity contribution in [2.45, 2.75) is 57.5 Å². The van der Waals surface area contributed by atoms with E-state index < -0.39 is 30.2 Å². The average Bonchev–Trinajstić information content (AvgIpc) is 2.33. The van der Waals surface area contributed by atoms with E-state index in [1.54, 1.807) is 6.92 Å². The molecule has 0 fully saturated rings. The summed E-state index contributed by atoms with van der Waals surface area (Å²) in [6.07, 6.45) is -2.79. The van der Waals surface area contributed by atoms with E-state index in [1.807, 2.05) is 13.8 Å². The van der Waals surface area contributed by atoms with Gasteiger partial charge in [-0.1, -0.05) is 13.8 Å². The molecule has 0 aromatic heterocycles. The van der Waals surface area contributed by atoms with Crippen LogP contribution in [0.2, 0.25) is 0 Å². The maximum atomic E-state index is 10.8. The van der Waals surface area contributed by atoms with Crippen molar-refractivity contribution in [2.75, 3.05) is 6.54 Å². The van der Waals surface area contributed by atoms with E-state index >= 15 is 0 Å². The molecule has 118 valence electrons. The highest BCUT2D eigenvalue weighted by Gasteiger charge is 2.27. The topological polar surface area (TPSA) is 139 Å². The maximum absolute atomic E-state index is 10.8. The molecule has 8 nitrogen and oxygen atoms in total. The van der Waals surface area contributed by atoms with Gasteiger partial charge in [0.2, 0.25) is 0 Å². The molecule has 2 unspecified atom stereocenters. The fourth-order valence-electron chi connectivity index (χ4n) is 1.75. The van der Waals surface area contributed by atoms with Gasteiger partial charge in [-0.05, 0) is 13.3 Å². The first kappa shape index (κ1) is 18.8. The molecule has 0 amide bonds. The summed E-state index contributed by atoms with van der Waals surface area (Å²) in [6, 6.07) is -0.947. The lowest BCUT2D eigenvalue weighted by molar-refractivity contribution is -0.148. The van der Waals surface area contributed by atoms with E-state index in [2.05, 4.69) is 10.6 Å². The number of aliphatic carboxylic acids is 2. The van der Waals surface area contributed by atoms with Crippen molar-refractivity contribution >= 4 is 11.9 Å². The van der Waals surface area contributed by atoms with Gasteiger partial charge in [0.05, 0.1) is 0 Å². The lowest BCUT2D eigenvalue weighted by Gasteiger charge is -2.27. The number of hydrogen-bond acceptors (Lipinski definition) is 6. The molecule has 0 aliphatic carbocycles. The van der Waals surface area contributed by atoms with E-state index in [1.165, 1.54) is 0 Å². The van der Waals surface area contributed by atoms with E-state index in [-0.39, 0.29) is 25.0 Å². The van der Waals surface area contributed by atoms with Crippen LogP contribution in [0.3, 0.4) is 0 Å². The van der Waals surface area contributed by atoms with Crippen LogP contribution in [0, 0.1) is 0 Å². The number of rotatable bonds is 10. The molecule has 0 aliphatic heterocycles. The van der Waals surface area contributed by atoms with Gasteiger partial charge in [0, 0.05) is 24.7 Å². The second-order valence-corrected chi connectivity index (χ2v) is 5.11. The smallest absolute Gasteiger partial charge is 0.334 e. The van der Waals surface area contributed by atoms with Gasteiger partial charge >= 0.3 is 11.9 Å². The molecule has 0 bridgehead atoms. The summed E-state index contributed by atoms with van der Waals surface area (Å²) < 4.78 is 0. The molecule has 0 heterocycles. The molecule has 8 heteroatoms. The monoisotopic (exact) mass is 292 g/mol. The Labute approximate surface area is 117 Å². The highest BCUT2D eigenvalue weighted by atomic mass is 16.4. The van der Waals surface area contributed by atoms with Gasteiger partial charge in [0.25, 0.3) is 0 Å². The predicted molar refractivity (Wildman–Crippen MR) is 71.4 cm³/mol. The third-order valence-corrected chi connectivity index (χ3v) is 2.73. The van der Waals surface area contributed by atoms with Gasteiger partial charge in [0.15, 0.2) is 12.2 Å². The van der Waals surface area contributed by atoms with Crippen molar-refractivity contribution in [2.24, 2.45) is 0 Å². The first-order valence-electron chi connectivity index (χ1n) is 6.46. The molecule has 20 heavy (non-hydrogen) atoms. The number of carboxylic acid groups (broad SMARTS) is 2. The first-order valence-corrected chi connectivity index (χ1v) is 6.46. The standard InChI is InChI=1S/C12H24N2O6/c1-6(2)14-8(10(16)12(19)20)4-7(3)13-5-9(15)11(17)18/h6-10,13-16H,4-5H2,1-3H3,(H,17,18)(H,19,20)/t7?,8?,9-,10+/m0/s1. The van der Waals surface area contributed by atoms with Crippen LogP contribution >= 0.6 is 0 Å². The quantitative estimate of drug-likeness (QED) is 0.289. The SMILES string of the molecule is CC(C)NC(CC(C)NC[C@H](O)C(=O)O)[C@@H](O)C(=O)O. The zero-order valence-corrected chi connectivity index (χ0v) is 11.9. The predicted octanol–water partition coefficient (Wildman–Crippen LogP) is -1.39. The lowest BCUT2D eigenvalue weighted by atomic mass is 10.0. The molecule has 0 aromatic rings. The number of hydrogen-bond donors (Lipinski definition) is 6. The van der Waals surface area contributed by atoms with Crippen molar-refractivity contribution < 1.29 is 30.0 Å². The van der Waals surface area contributed by atoms with Crippen LogP contribution in [-0.4, -0.2) is 69.2 Å². The molecule has 0 saturated carbocycles. The number of carbonyl (C=O) groups is 2. The fourth-order valence-corrected chi connectivity index (χ4v) is 1.75. The van der Waals surface area contributed by atoms with Crippen molar-refractivity contribution in [3.63, 3.8) is 0 Å². The molecule has 0 saturated heterocycles. The van der Waals surface area contributed by atoms with E-state index in [4.69, 9.17) is 15.3 Å². The average molecular weight is 292 g/mol. The van der Waals surface area contributed by atoms with Crippen molar-refractivity contribution in [3.05, 3.63) is 0 Å². The zero-order chi connectivity index (χ0) is 15.9. The van der Waals surface area contributed by atoms with Gasteiger partial charge in [-0.2, -0.15) is 0 Å². The lowest BCUT2D eigenvalue weighted by Crippen LogP contribution is -2.50. The van der Waals surface area contributed by atoms with Gasteiger partial charge in [-0.3, -0.25) is 0 Å². The summed E-state index contributed by atoms with van der Waals surface area (Å²) in [5.74, 6) is -2.65. The minimum Gasteiger partial charge on any atom is -0.479 e. The highest BCUT2D eigenvalue weighted by molar-refractivity contribution is 5.73. The Hall–Kier alpha value is -1.22.